The van der Waals surface area contributed by atoms with Crippen LogP contribution in [-0.2, 0) is 0 Å². The average Bonchev–Trinajstić information content (AvgIpc) is 2.30. The Morgan fingerprint density at radius 3 is 2.50 bits per heavy atom. The molecule has 0 saturated heterocycles. The second-order valence-corrected chi connectivity index (χ2v) is 4.40. The normalized spacial score (nSPS) is 13.0. The largest absolute Gasteiger partial charge is 0.387 e. The molecule has 0 heterocycles. The van der Waals surface area contributed by atoms with Gasteiger partial charge >= 0.3 is 0 Å². The van der Waals surface area contributed by atoms with Crippen molar-refractivity contribution in [3.8, 4) is 0 Å². The summed E-state index contributed by atoms with van der Waals surface area (Å²) >= 11 is 0. The van der Waals surface area contributed by atoms with Gasteiger partial charge < -0.3 is 10.0 Å². The summed E-state index contributed by atoms with van der Waals surface area (Å²) in [7, 11) is 2.07. The van der Waals surface area contributed by atoms with Gasteiger partial charge in [-0.3, -0.25) is 0 Å². The molecule has 2 heteroatoms. The number of nitrogens with zero attached hydrogens (tertiary/aromatic N) is 1. The van der Waals surface area contributed by atoms with Crippen molar-refractivity contribution in [3.05, 3.63) is 35.9 Å². The van der Waals surface area contributed by atoms with Crippen molar-refractivity contribution in [2.45, 2.75) is 32.3 Å². The number of benzene rings is 1. The summed E-state index contributed by atoms with van der Waals surface area (Å²) in [5.74, 6) is 0. The van der Waals surface area contributed by atoms with E-state index in [2.05, 4.69) is 18.9 Å². The Morgan fingerprint density at radius 1 is 1.19 bits per heavy atom. The number of unbranched alkanes of at least 4 members (excludes halogenated alkanes) is 2. The van der Waals surface area contributed by atoms with E-state index in [1.54, 1.807) is 0 Å². The fourth-order valence-corrected chi connectivity index (χ4v) is 1.80. The third-order valence-electron chi connectivity index (χ3n) is 2.81. The Balaban J connectivity index is 2.31. The summed E-state index contributed by atoms with van der Waals surface area (Å²) in [5.41, 5.74) is 1.00. The predicted molar refractivity (Wildman–Crippen MR) is 68.4 cm³/mol. The topological polar surface area (TPSA) is 23.5 Å². The zero-order valence-corrected chi connectivity index (χ0v) is 10.4. The van der Waals surface area contributed by atoms with Gasteiger partial charge in [-0.2, -0.15) is 0 Å². The second kappa shape index (κ2) is 7.42. The van der Waals surface area contributed by atoms with Gasteiger partial charge in [-0.25, -0.2) is 0 Å². The number of likely N-dealkylation sites (N-methyl/N-ethyl adjacent to an activating group) is 1. The lowest BCUT2D eigenvalue weighted by molar-refractivity contribution is 0.126. The van der Waals surface area contributed by atoms with E-state index in [-0.39, 0.29) is 6.10 Å². The molecular formula is C14H23NO. The molecule has 0 radical (unpaired) electrons. The fourth-order valence-electron chi connectivity index (χ4n) is 1.80. The van der Waals surface area contributed by atoms with E-state index in [1.165, 1.54) is 19.3 Å². The zero-order valence-electron chi connectivity index (χ0n) is 10.4. The average molecular weight is 221 g/mol. The zero-order chi connectivity index (χ0) is 11.8. The minimum absolute atomic E-state index is 0.368. The molecule has 1 unspecified atom stereocenters. The van der Waals surface area contributed by atoms with E-state index in [0.29, 0.717) is 6.54 Å². The molecule has 0 fully saturated rings. The van der Waals surface area contributed by atoms with Crippen molar-refractivity contribution in [2.75, 3.05) is 20.1 Å². The summed E-state index contributed by atoms with van der Waals surface area (Å²) in [6.07, 6.45) is 3.36. The van der Waals surface area contributed by atoms with Crippen molar-refractivity contribution < 1.29 is 5.11 Å². The van der Waals surface area contributed by atoms with E-state index in [0.717, 1.165) is 12.1 Å². The van der Waals surface area contributed by atoms with Crippen LogP contribution in [0.15, 0.2) is 30.3 Å². The highest BCUT2D eigenvalue weighted by molar-refractivity contribution is 5.17. The first-order valence-electron chi connectivity index (χ1n) is 6.15. The summed E-state index contributed by atoms with van der Waals surface area (Å²) < 4.78 is 0. The van der Waals surface area contributed by atoms with Gasteiger partial charge in [-0.05, 0) is 25.6 Å². The smallest absolute Gasteiger partial charge is 0.0916 e. The molecule has 0 spiro atoms. The van der Waals surface area contributed by atoms with Gasteiger partial charge in [0.05, 0.1) is 6.10 Å². The summed E-state index contributed by atoms with van der Waals surface area (Å²) in [5, 5.41) is 10.0. The molecule has 0 bridgehead atoms. The van der Waals surface area contributed by atoms with Crippen molar-refractivity contribution in [2.24, 2.45) is 0 Å². The predicted octanol–water partition coefficient (Wildman–Crippen LogP) is 2.84. The lowest BCUT2D eigenvalue weighted by Crippen LogP contribution is -2.25. The van der Waals surface area contributed by atoms with Crippen molar-refractivity contribution in [1.29, 1.82) is 0 Å². The van der Waals surface area contributed by atoms with Crippen molar-refractivity contribution in [1.82, 2.24) is 4.90 Å². The molecule has 0 aromatic heterocycles. The number of hydrogen-bond acceptors (Lipinski definition) is 2. The standard InChI is InChI=1S/C14H23NO/c1-3-4-8-11-15(2)12-14(16)13-9-6-5-7-10-13/h5-7,9-10,14,16H,3-4,8,11-12H2,1-2H3. The Hall–Kier alpha value is -0.860. The molecule has 1 N–H and O–H groups in total. The molecule has 0 aliphatic rings. The Bertz CT molecular complexity index is 273. The number of aliphatic hydroxyl groups excluding tert-OH is 1. The second-order valence-electron chi connectivity index (χ2n) is 4.40. The van der Waals surface area contributed by atoms with Crippen LogP contribution in [0.2, 0.25) is 0 Å². The molecule has 1 rings (SSSR count). The van der Waals surface area contributed by atoms with Crippen LogP contribution in [0.1, 0.15) is 37.9 Å². The van der Waals surface area contributed by atoms with Crippen LogP contribution < -0.4 is 0 Å². The van der Waals surface area contributed by atoms with Gasteiger partial charge in [0.25, 0.3) is 0 Å². The van der Waals surface area contributed by atoms with E-state index >= 15 is 0 Å². The fraction of sp³-hybridized carbons (Fsp3) is 0.571. The van der Waals surface area contributed by atoms with Gasteiger partial charge in [0.15, 0.2) is 0 Å². The Morgan fingerprint density at radius 2 is 1.88 bits per heavy atom. The quantitative estimate of drug-likeness (QED) is 0.716. The van der Waals surface area contributed by atoms with Crippen LogP contribution in [-0.4, -0.2) is 30.1 Å². The highest BCUT2D eigenvalue weighted by atomic mass is 16.3. The lowest BCUT2D eigenvalue weighted by Gasteiger charge is -2.20. The summed E-state index contributed by atoms with van der Waals surface area (Å²) in [6.45, 7) is 3.99. The molecule has 1 aromatic carbocycles. The van der Waals surface area contributed by atoms with Gasteiger partial charge in [0.1, 0.15) is 0 Å². The first kappa shape index (κ1) is 13.2. The number of rotatable bonds is 7. The van der Waals surface area contributed by atoms with Crippen LogP contribution in [0, 0.1) is 0 Å². The minimum atomic E-state index is -0.368. The van der Waals surface area contributed by atoms with Crippen molar-refractivity contribution >= 4 is 0 Å². The van der Waals surface area contributed by atoms with Gasteiger partial charge in [-0.1, -0.05) is 50.1 Å². The van der Waals surface area contributed by atoms with Crippen LogP contribution in [0.3, 0.4) is 0 Å². The third kappa shape index (κ3) is 4.77. The molecule has 2 nitrogen and oxygen atoms in total. The van der Waals surface area contributed by atoms with Gasteiger partial charge in [0, 0.05) is 6.54 Å². The summed E-state index contributed by atoms with van der Waals surface area (Å²) in [4.78, 5) is 2.20. The molecule has 1 atom stereocenters. The minimum Gasteiger partial charge on any atom is -0.387 e. The van der Waals surface area contributed by atoms with Crippen LogP contribution in [0.4, 0.5) is 0 Å². The molecule has 1 aromatic rings. The van der Waals surface area contributed by atoms with E-state index < -0.39 is 0 Å². The highest BCUT2D eigenvalue weighted by Crippen LogP contribution is 2.13. The molecule has 16 heavy (non-hydrogen) atoms. The lowest BCUT2D eigenvalue weighted by atomic mass is 10.1. The van der Waals surface area contributed by atoms with Crippen LogP contribution in [0.25, 0.3) is 0 Å². The SMILES string of the molecule is CCCCCN(C)CC(O)c1ccccc1. The number of aliphatic hydroxyl groups is 1. The molecule has 0 aliphatic carbocycles. The maximum atomic E-state index is 10.0. The van der Waals surface area contributed by atoms with E-state index in [1.807, 2.05) is 30.3 Å². The van der Waals surface area contributed by atoms with E-state index in [9.17, 15) is 5.11 Å². The Kier molecular flexibility index (Phi) is 6.12. The molecule has 0 saturated carbocycles. The molecular weight excluding hydrogens is 198 g/mol. The maximum Gasteiger partial charge on any atom is 0.0916 e. The van der Waals surface area contributed by atoms with Crippen molar-refractivity contribution in [3.63, 3.8) is 0 Å². The maximum absolute atomic E-state index is 10.0. The van der Waals surface area contributed by atoms with E-state index in [4.69, 9.17) is 0 Å². The van der Waals surface area contributed by atoms with Crippen LogP contribution in [0.5, 0.6) is 0 Å². The van der Waals surface area contributed by atoms with Gasteiger partial charge in [0.2, 0.25) is 0 Å². The summed E-state index contributed by atoms with van der Waals surface area (Å²) in [6, 6.07) is 9.86. The molecule has 0 amide bonds. The highest BCUT2D eigenvalue weighted by Gasteiger charge is 2.09. The van der Waals surface area contributed by atoms with Crippen LogP contribution >= 0.6 is 0 Å². The number of hydrogen-bond donors (Lipinski definition) is 1. The first-order valence-corrected chi connectivity index (χ1v) is 6.15. The Labute approximate surface area is 98.9 Å². The monoisotopic (exact) mass is 221 g/mol. The molecule has 0 aliphatic heterocycles. The third-order valence-corrected chi connectivity index (χ3v) is 2.81. The van der Waals surface area contributed by atoms with Gasteiger partial charge in [-0.15, -0.1) is 0 Å². The first-order chi connectivity index (χ1) is 7.74. The molecule has 90 valence electrons.